The first-order valence-corrected chi connectivity index (χ1v) is 12.0. The fraction of sp³-hybridized carbons (Fsp3) is 0.632. The highest BCUT2D eigenvalue weighted by Crippen LogP contribution is 2.39. The lowest BCUT2D eigenvalue weighted by molar-refractivity contribution is -0.149. The number of ether oxygens (including phenoxy) is 1. The monoisotopic (exact) mass is 378 g/mol. The molecule has 0 saturated carbocycles. The highest BCUT2D eigenvalue weighted by Gasteiger charge is 2.50. The molecular formula is C19H30N2O4Si. The molecule has 0 radical (unpaired) electrons. The number of carbonyl (C=O) groups excluding carboxylic acids is 2. The number of hydrogen-bond donors (Lipinski definition) is 1. The summed E-state index contributed by atoms with van der Waals surface area (Å²) < 4.78 is 11.7. The van der Waals surface area contributed by atoms with Gasteiger partial charge in [-0.25, -0.2) is 4.98 Å². The minimum atomic E-state index is -2.00. The van der Waals surface area contributed by atoms with E-state index < -0.39 is 20.2 Å². The van der Waals surface area contributed by atoms with Gasteiger partial charge in [0.1, 0.15) is 0 Å². The van der Waals surface area contributed by atoms with Gasteiger partial charge < -0.3 is 14.5 Å². The van der Waals surface area contributed by atoms with Crippen molar-refractivity contribution in [3.8, 4) is 5.88 Å². The number of β-lactam (4-membered cyclic amide) rings is 1. The second-order valence-corrected chi connectivity index (χ2v) is 13.3. The molecule has 1 N–H and O–H groups in total. The molecule has 0 bridgehead atoms. The second kappa shape index (κ2) is 7.48. The Labute approximate surface area is 156 Å². The van der Waals surface area contributed by atoms with Gasteiger partial charge in [0, 0.05) is 12.3 Å². The molecule has 4 atom stereocenters. The molecule has 144 valence electrons. The van der Waals surface area contributed by atoms with Crippen LogP contribution in [0.2, 0.25) is 18.1 Å². The molecule has 0 unspecified atom stereocenters. The van der Waals surface area contributed by atoms with Crippen LogP contribution in [0.15, 0.2) is 24.4 Å². The highest BCUT2D eigenvalue weighted by atomic mass is 28.4. The topological polar surface area (TPSA) is 77.5 Å². The minimum Gasteiger partial charge on any atom is -0.413 e. The fourth-order valence-electron chi connectivity index (χ4n) is 2.82. The SMILES string of the molecule is C[C@@H](O[Si](C)(C)C(C)(C)C)[C@H]1C(=O)N[C@@H]1[C@@H](C)C(=O)Oc1ccccn1. The third kappa shape index (κ3) is 4.32. The number of hydrogen-bond acceptors (Lipinski definition) is 5. The van der Waals surface area contributed by atoms with E-state index in [4.69, 9.17) is 9.16 Å². The van der Waals surface area contributed by atoms with Crippen molar-refractivity contribution in [2.45, 2.75) is 64.9 Å². The van der Waals surface area contributed by atoms with Crippen LogP contribution in [0.25, 0.3) is 0 Å². The summed E-state index contributed by atoms with van der Waals surface area (Å²) in [4.78, 5) is 28.6. The number of esters is 1. The normalized spacial score (nSPS) is 22.8. The van der Waals surface area contributed by atoms with Gasteiger partial charge >= 0.3 is 5.97 Å². The summed E-state index contributed by atoms with van der Waals surface area (Å²) in [5, 5.41) is 2.90. The Kier molecular flexibility index (Phi) is 5.92. The average Bonchev–Trinajstić information content (AvgIpc) is 2.50. The Morgan fingerprint density at radius 3 is 2.42 bits per heavy atom. The largest absolute Gasteiger partial charge is 0.413 e. The van der Waals surface area contributed by atoms with E-state index >= 15 is 0 Å². The van der Waals surface area contributed by atoms with E-state index in [1.165, 1.54) is 0 Å². The number of amides is 1. The smallest absolute Gasteiger partial charge is 0.317 e. The molecule has 2 rings (SSSR count). The molecule has 1 aliphatic heterocycles. The molecule has 0 aliphatic carbocycles. The fourth-order valence-corrected chi connectivity index (χ4v) is 4.25. The first-order chi connectivity index (χ1) is 11.9. The zero-order valence-corrected chi connectivity index (χ0v) is 17.7. The van der Waals surface area contributed by atoms with Gasteiger partial charge in [-0.2, -0.15) is 0 Å². The maximum atomic E-state index is 12.4. The average molecular weight is 379 g/mol. The van der Waals surface area contributed by atoms with Gasteiger partial charge in [0.05, 0.1) is 24.0 Å². The number of nitrogens with zero attached hydrogens (tertiary/aromatic N) is 1. The van der Waals surface area contributed by atoms with Crippen molar-refractivity contribution >= 4 is 20.2 Å². The lowest BCUT2D eigenvalue weighted by atomic mass is 9.79. The van der Waals surface area contributed by atoms with E-state index in [0.29, 0.717) is 0 Å². The van der Waals surface area contributed by atoms with Crippen molar-refractivity contribution in [2.24, 2.45) is 11.8 Å². The number of aromatic nitrogens is 1. The van der Waals surface area contributed by atoms with Crippen LogP contribution in [0.5, 0.6) is 5.88 Å². The van der Waals surface area contributed by atoms with Gasteiger partial charge in [0.15, 0.2) is 8.32 Å². The standard InChI is InChI=1S/C19H30N2O4Si/c1-12(18(23)24-14-10-8-9-11-20-14)16-15(17(22)21-16)13(2)25-26(6,7)19(3,4)5/h8-13,15-16H,1-7H3,(H,21,22)/t12-,13-,15-,16-/m1/s1. The Morgan fingerprint density at radius 1 is 1.27 bits per heavy atom. The molecule has 2 heterocycles. The summed E-state index contributed by atoms with van der Waals surface area (Å²) in [6, 6.07) is 4.84. The van der Waals surface area contributed by atoms with E-state index in [1.54, 1.807) is 31.3 Å². The molecule has 1 aromatic heterocycles. The zero-order chi connectivity index (χ0) is 19.7. The predicted molar refractivity (Wildman–Crippen MR) is 102 cm³/mol. The quantitative estimate of drug-likeness (QED) is 0.467. The third-order valence-corrected chi connectivity index (χ3v) is 10.1. The maximum Gasteiger partial charge on any atom is 0.317 e. The Hall–Kier alpha value is -1.73. The van der Waals surface area contributed by atoms with Crippen LogP contribution >= 0.6 is 0 Å². The van der Waals surface area contributed by atoms with Gasteiger partial charge in [-0.05, 0) is 38.0 Å². The maximum absolute atomic E-state index is 12.4. The Bertz CT molecular complexity index is 657. The van der Waals surface area contributed by atoms with Gasteiger partial charge in [0.25, 0.3) is 0 Å². The first-order valence-electron chi connectivity index (χ1n) is 9.05. The van der Waals surface area contributed by atoms with Crippen LogP contribution in [0, 0.1) is 11.8 Å². The van der Waals surface area contributed by atoms with Crippen molar-refractivity contribution < 1.29 is 18.8 Å². The van der Waals surface area contributed by atoms with Gasteiger partial charge in [-0.1, -0.05) is 26.8 Å². The molecule has 0 aromatic carbocycles. The van der Waals surface area contributed by atoms with Crippen molar-refractivity contribution in [1.82, 2.24) is 10.3 Å². The molecule has 1 aliphatic rings. The summed E-state index contributed by atoms with van der Waals surface area (Å²) in [7, 11) is -2.00. The first kappa shape index (κ1) is 20.6. The van der Waals surface area contributed by atoms with Crippen LogP contribution in [0.3, 0.4) is 0 Å². The van der Waals surface area contributed by atoms with Crippen molar-refractivity contribution in [1.29, 1.82) is 0 Å². The highest BCUT2D eigenvalue weighted by molar-refractivity contribution is 6.74. The van der Waals surface area contributed by atoms with Crippen LogP contribution in [-0.4, -0.2) is 37.3 Å². The molecular weight excluding hydrogens is 348 g/mol. The van der Waals surface area contributed by atoms with Crippen LogP contribution < -0.4 is 10.1 Å². The molecule has 26 heavy (non-hydrogen) atoms. The lowest BCUT2D eigenvalue weighted by Gasteiger charge is -2.46. The van der Waals surface area contributed by atoms with E-state index in [2.05, 4.69) is 44.2 Å². The zero-order valence-electron chi connectivity index (χ0n) is 16.7. The van der Waals surface area contributed by atoms with E-state index in [9.17, 15) is 9.59 Å². The number of rotatable bonds is 6. The summed E-state index contributed by atoms with van der Waals surface area (Å²) in [5.74, 6) is -1.05. The van der Waals surface area contributed by atoms with Crippen LogP contribution in [0.1, 0.15) is 34.6 Å². The summed E-state index contributed by atoms with van der Waals surface area (Å²) in [5.41, 5.74) is 0. The van der Waals surface area contributed by atoms with Gasteiger partial charge in [-0.15, -0.1) is 0 Å². The van der Waals surface area contributed by atoms with Crippen molar-refractivity contribution in [3.63, 3.8) is 0 Å². The number of pyridine rings is 1. The van der Waals surface area contributed by atoms with E-state index in [-0.39, 0.29) is 34.9 Å². The summed E-state index contributed by atoms with van der Waals surface area (Å²) in [6.07, 6.45) is 1.32. The van der Waals surface area contributed by atoms with E-state index in [1.807, 2.05) is 6.92 Å². The van der Waals surface area contributed by atoms with E-state index in [0.717, 1.165) is 0 Å². The molecule has 1 fully saturated rings. The van der Waals surface area contributed by atoms with Crippen LogP contribution in [0.4, 0.5) is 0 Å². The summed E-state index contributed by atoms with van der Waals surface area (Å²) >= 11 is 0. The Balaban J connectivity index is 2.03. The van der Waals surface area contributed by atoms with Gasteiger partial charge in [-0.3, -0.25) is 9.59 Å². The second-order valence-electron chi connectivity index (χ2n) is 8.52. The number of carbonyl (C=O) groups is 2. The molecule has 6 nitrogen and oxygen atoms in total. The summed E-state index contributed by atoms with van der Waals surface area (Å²) in [6.45, 7) is 14.5. The van der Waals surface area contributed by atoms with Crippen molar-refractivity contribution in [3.05, 3.63) is 24.4 Å². The van der Waals surface area contributed by atoms with Gasteiger partial charge in [0.2, 0.25) is 11.8 Å². The lowest BCUT2D eigenvalue weighted by Crippen LogP contribution is -2.67. The Morgan fingerprint density at radius 2 is 1.92 bits per heavy atom. The molecule has 7 heteroatoms. The van der Waals surface area contributed by atoms with Crippen molar-refractivity contribution in [2.75, 3.05) is 0 Å². The molecule has 0 spiro atoms. The molecule has 1 amide bonds. The molecule has 1 saturated heterocycles. The minimum absolute atomic E-state index is 0.0561. The molecule has 1 aromatic rings. The third-order valence-electron chi connectivity index (χ3n) is 5.54. The predicted octanol–water partition coefficient (Wildman–Crippen LogP) is 3.15. The number of nitrogens with one attached hydrogen (secondary N) is 1. The van der Waals surface area contributed by atoms with Crippen LogP contribution in [-0.2, 0) is 14.0 Å².